The predicted molar refractivity (Wildman–Crippen MR) is 68.5 cm³/mol. The summed E-state index contributed by atoms with van der Waals surface area (Å²) in [7, 11) is 1.81. The number of nitrogens with zero attached hydrogens (tertiary/aromatic N) is 2. The molecule has 1 amide bonds. The zero-order valence-electron chi connectivity index (χ0n) is 10.4. The normalized spacial score (nSPS) is 10.1. The van der Waals surface area contributed by atoms with Gasteiger partial charge in [-0.3, -0.25) is 10.1 Å². The molecule has 0 aliphatic heterocycles. The van der Waals surface area contributed by atoms with E-state index >= 15 is 0 Å². The zero-order chi connectivity index (χ0) is 13.0. The molecule has 1 aromatic carbocycles. The highest BCUT2D eigenvalue weighted by molar-refractivity contribution is 5.90. The van der Waals surface area contributed by atoms with E-state index in [1.807, 2.05) is 38.2 Å². The summed E-state index contributed by atoms with van der Waals surface area (Å²) < 4.78 is 7.09. The molecule has 1 aromatic heterocycles. The average molecular weight is 245 g/mol. The lowest BCUT2D eigenvalue weighted by Crippen LogP contribution is -2.21. The fourth-order valence-electron chi connectivity index (χ4n) is 1.43. The quantitative estimate of drug-likeness (QED) is 0.892. The number of anilines is 1. The molecule has 0 fully saturated rings. The number of benzene rings is 1. The van der Waals surface area contributed by atoms with E-state index in [1.54, 1.807) is 17.0 Å². The van der Waals surface area contributed by atoms with E-state index in [2.05, 4.69) is 10.3 Å². The molecule has 5 nitrogen and oxygen atoms in total. The zero-order valence-corrected chi connectivity index (χ0v) is 10.4. The summed E-state index contributed by atoms with van der Waals surface area (Å²) in [6.07, 6.45) is 3.38. The molecule has 2 rings (SSSR count). The van der Waals surface area contributed by atoms with E-state index in [1.165, 1.54) is 0 Å². The Hall–Kier alpha value is -2.30. The van der Waals surface area contributed by atoms with Crippen molar-refractivity contribution in [3.63, 3.8) is 0 Å². The maximum Gasteiger partial charge on any atom is 0.264 e. The summed E-state index contributed by atoms with van der Waals surface area (Å²) in [6, 6.07) is 7.55. The van der Waals surface area contributed by atoms with Crippen LogP contribution in [0.5, 0.6) is 5.75 Å². The maximum atomic E-state index is 11.6. The molecule has 1 heterocycles. The summed E-state index contributed by atoms with van der Waals surface area (Å²) in [5.74, 6) is 0.952. The molecule has 1 N–H and O–H groups in total. The van der Waals surface area contributed by atoms with E-state index in [9.17, 15) is 4.79 Å². The van der Waals surface area contributed by atoms with Crippen LogP contribution >= 0.6 is 0 Å². The third-order valence-corrected chi connectivity index (χ3v) is 2.46. The van der Waals surface area contributed by atoms with Crippen LogP contribution in [0.15, 0.2) is 36.7 Å². The molecule has 0 radical (unpaired) electrons. The molecule has 0 atom stereocenters. The van der Waals surface area contributed by atoms with E-state index in [0.29, 0.717) is 11.7 Å². The van der Waals surface area contributed by atoms with Crippen LogP contribution in [0.25, 0.3) is 0 Å². The van der Waals surface area contributed by atoms with Gasteiger partial charge < -0.3 is 9.30 Å². The Labute approximate surface area is 105 Å². The van der Waals surface area contributed by atoms with Crippen molar-refractivity contribution in [2.75, 3.05) is 11.9 Å². The minimum atomic E-state index is -0.232. The van der Waals surface area contributed by atoms with Gasteiger partial charge in [-0.05, 0) is 19.1 Å². The number of ether oxygens (including phenoxy) is 1. The highest BCUT2D eigenvalue weighted by atomic mass is 16.5. The molecule has 18 heavy (non-hydrogen) atoms. The lowest BCUT2D eigenvalue weighted by Gasteiger charge is -2.07. The van der Waals surface area contributed by atoms with E-state index < -0.39 is 0 Å². The van der Waals surface area contributed by atoms with Gasteiger partial charge in [-0.25, -0.2) is 4.98 Å². The number of amides is 1. The van der Waals surface area contributed by atoms with Crippen LogP contribution in [0.2, 0.25) is 0 Å². The first-order valence-electron chi connectivity index (χ1n) is 5.62. The number of aromatic nitrogens is 2. The van der Waals surface area contributed by atoms with Crippen molar-refractivity contribution in [3.05, 3.63) is 42.2 Å². The number of carbonyl (C=O) groups is 1. The summed E-state index contributed by atoms with van der Waals surface area (Å²) >= 11 is 0. The highest BCUT2D eigenvalue weighted by Crippen LogP contribution is 2.11. The van der Waals surface area contributed by atoms with Gasteiger partial charge in [-0.1, -0.05) is 17.7 Å². The SMILES string of the molecule is Cc1ccc(OCC(=O)Nc2nccn2C)cc1. The molecule has 0 saturated carbocycles. The maximum absolute atomic E-state index is 11.6. The molecule has 0 aliphatic rings. The monoisotopic (exact) mass is 245 g/mol. The summed E-state index contributed by atoms with van der Waals surface area (Å²) in [4.78, 5) is 15.6. The third-order valence-electron chi connectivity index (χ3n) is 2.46. The van der Waals surface area contributed by atoms with Crippen molar-refractivity contribution in [2.45, 2.75) is 6.92 Å². The molecular weight excluding hydrogens is 230 g/mol. The van der Waals surface area contributed by atoms with Crippen LogP contribution in [0.4, 0.5) is 5.95 Å². The number of imidazole rings is 1. The number of nitrogens with one attached hydrogen (secondary N) is 1. The molecule has 2 aromatic rings. The second-order valence-corrected chi connectivity index (χ2v) is 4.01. The summed E-state index contributed by atoms with van der Waals surface area (Å²) in [5, 5.41) is 2.66. The largest absolute Gasteiger partial charge is 0.484 e. The van der Waals surface area contributed by atoms with Gasteiger partial charge in [0.2, 0.25) is 5.95 Å². The standard InChI is InChI=1S/C13H15N3O2/c1-10-3-5-11(6-4-10)18-9-12(17)15-13-14-7-8-16(13)2/h3-8H,9H2,1-2H3,(H,14,15,17). The van der Waals surface area contributed by atoms with Crippen molar-refractivity contribution in [3.8, 4) is 5.75 Å². The van der Waals surface area contributed by atoms with Gasteiger partial charge in [0.05, 0.1) is 0 Å². The molecule has 0 spiro atoms. The topological polar surface area (TPSA) is 56.1 Å². The van der Waals surface area contributed by atoms with Crippen LogP contribution < -0.4 is 10.1 Å². The van der Waals surface area contributed by atoms with E-state index in [4.69, 9.17) is 4.74 Å². The molecule has 0 unspecified atom stereocenters. The fraction of sp³-hybridized carbons (Fsp3) is 0.231. The van der Waals surface area contributed by atoms with Gasteiger partial charge in [-0.2, -0.15) is 0 Å². The minimum absolute atomic E-state index is 0.0318. The third kappa shape index (κ3) is 3.10. The Kier molecular flexibility index (Phi) is 3.62. The number of hydrogen-bond acceptors (Lipinski definition) is 3. The average Bonchev–Trinajstić information content (AvgIpc) is 2.74. The molecule has 0 bridgehead atoms. The number of rotatable bonds is 4. The Bertz CT molecular complexity index is 531. The lowest BCUT2D eigenvalue weighted by atomic mass is 10.2. The first-order chi connectivity index (χ1) is 8.65. The predicted octanol–water partition coefficient (Wildman–Crippen LogP) is 1.75. The van der Waals surface area contributed by atoms with E-state index in [-0.39, 0.29) is 12.5 Å². The Morgan fingerprint density at radius 2 is 2.11 bits per heavy atom. The molecule has 5 heteroatoms. The van der Waals surface area contributed by atoms with Gasteiger partial charge in [0, 0.05) is 19.4 Å². The van der Waals surface area contributed by atoms with Gasteiger partial charge in [0.25, 0.3) is 5.91 Å². The van der Waals surface area contributed by atoms with Crippen LogP contribution in [0.1, 0.15) is 5.56 Å². The summed E-state index contributed by atoms with van der Waals surface area (Å²) in [6.45, 7) is 1.97. The summed E-state index contributed by atoms with van der Waals surface area (Å²) in [5.41, 5.74) is 1.15. The smallest absolute Gasteiger partial charge is 0.264 e. The Morgan fingerprint density at radius 3 is 2.72 bits per heavy atom. The first kappa shape index (κ1) is 12.2. The van der Waals surface area contributed by atoms with Crippen LogP contribution in [0.3, 0.4) is 0 Å². The van der Waals surface area contributed by atoms with Crippen molar-refractivity contribution in [1.29, 1.82) is 0 Å². The second kappa shape index (κ2) is 5.35. The van der Waals surface area contributed by atoms with Gasteiger partial charge in [-0.15, -0.1) is 0 Å². The van der Waals surface area contributed by atoms with Gasteiger partial charge >= 0.3 is 0 Å². The van der Waals surface area contributed by atoms with Gasteiger partial charge in [0.1, 0.15) is 5.75 Å². The Morgan fingerprint density at radius 1 is 1.39 bits per heavy atom. The fourth-order valence-corrected chi connectivity index (χ4v) is 1.43. The molecular formula is C13H15N3O2. The molecule has 0 saturated heterocycles. The van der Waals surface area contributed by atoms with Crippen molar-refractivity contribution < 1.29 is 9.53 Å². The van der Waals surface area contributed by atoms with Crippen LogP contribution in [-0.4, -0.2) is 22.1 Å². The van der Waals surface area contributed by atoms with Crippen LogP contribution in [-0.2, 0) is 11.8 Å². The highest BCUT2D eigenvalue weighted by Gasteiger charge is 2.06. The second-order valence-electron chi connectivity index (χ2n) is 4.01. The van der Waals surface area contributed by atoms with E-state index in [0.717, 1.165) is 5.56 Å². The Balaban J connectivity index is 1.85. The van der Waals surface area contributed by atoms with Gasteiger partial charge in [0.15, 0.2) is 6.61 Å². The van der Waals surface area contributed by atoms with Crippen LogP contribution in [0, 0.1) is 6.92 Å². The van der Waals surface area contributed by atoms with Crippen molar-refractivity contribution >= 4 is 11.9 Å². The minimum Gasteiger partial charge on any atom is -0.484 e. The lowest BCUT2D eigenvalue weighted by molar-refractivity contribution is -0.118. The molecule has 94 valence electrons. The molecule has 0 aliphatic carbocycles. The number of carbonyl (C=O) groups excluding carboxylic acids is 1. The van der Waals surface area contributed by atoms with Crippen molar-refractivity contribution in [2.24, 2.45) is 7.05 Å². The number of hydrogen-bond donors (Lipinski definition) is 1. The van der Waals surface area contributed by atoms with Crippen molar-refractivity contribution in [1.82, 2.24) is 9.55 Å². The number of aryl methyl sites for hydroxylation is 2. The first-order valence-corrected chi connectivity index (χ1v) is 5.62.